The van der Waals surface area contributed by atoms with E-state index in [2.05, 4.69) is 36.4 Å². The van der Waals surface area contributed by atoms with Crippen LogP contribution in [0.15, 0.2) is 60.2 Å². The zero-order valence-corrected chi connectivity index (χ0v) is 10.1. The number of carbonyl (C=O) groups excluding carboxylic acids is 1. The fourth-order valence-corrected chi connectivity index (χ4v) is 2.62. The second kappa shape index (κ2) is 4.61. The Bertz CT molecular complexity index is 612. The molecule has 18 heavy (non-hydrogen) atoms. The molecule has 0 atom stereocenters. The summed E-state index contributed by atoms with van der Waals surface area (Å²) in [5, 5.41) is 0. The highest BCUT2D eigenvalue weighted by atomic mass is 16.1. The van der Waals surface area contributed by atoms with Crippen LogP contribution in [0.4, 0.5) is 0 Å². The summed E-state index contributed by atoms with van der Waals surface area (Å²) in [4.78, 5) is 10.8. The van der Waals surface area contributed by atoms with Gasteiger partial charge in [-0.15, -0.1) is 0 Å². The molecule has 0 aliphatic heterocycles. The lowest BCUT2D eigenvalue weighted by atomic mass is 9.89. The minimum absolute atomic E-state index is 0.858. The van der Waals surface area contributed by atoms with E-state index in [-0.39, 0.29) is 0 Å². The van der Waals surface area contributed by atoms with E-state index in [0.29, 0.717) is 0 Å². The van der Waals surface area contributed by atoms with Crippen LogP contribution >= 0.6 is 0 Å². The van der Waals surface area contributed by atoms with Gasteiger partial charge in [-0.25, -0.2) is 0 Å². The van der Waals surface area contributed by atoms with Gasteiger partial charge in [0.25, 0.3) is 0 Å². The summed E-state index contributed by atoms with van der Waals surface area (Å²) in [6.07, 6.45) is 13.2. The first kappa shape index (κ1) is 11.0. The van der Waals surface area contributed by atoms with Gasteiger partial charge in [0, 0.05) is 0 Å². The Kier molecular flexibility index (Phi) is 2.81. The molecular formula is C17H14O. The van der Waals surface area contributed by atoms with E-state index in [4.69, 9.17) is 0 Å². The maximum absolute atomic E-state index is 10.8. The Morgan fingerprint density at radius 3 is 2.67 bits per heavy atom. The van der Waals surface area contributed by atoms with Gasteiger partial charge >= 0.3 is 0 Å². The van der Waals surface area contributed by atoms with Gasteiger partial charge in [-0.1, -0.05) is 48.6 Å². The predicted molar refractivity (Wildman–Crippen MR) is 74.9 cm³/mol. The van der Waals surface area contributed by atoms with Crippen molar-refractivity contribution in [3.05, 3.63) is 71.3 Å². The van der Waals surface area contributed by atoms with Crippen LogP contribution in [0, 0.1) is 0 Å². The molecule has 0 heterocycles. The van der Waals surface area contributed by atoms with Crippen molar-refractivity contribution >= 4 is 17.4 Å². The van der Waals surface area contributed by atoms with Crippen LogP contribution in [0.5, 0.6) is 0 Å². The van der Waals surface area contributed by atoms with Crippen molar-refractivity contribution in [1.82, 2.24) is 0 Å². The van der Waals surface area contributed by atoms with Crippen LogP contribution in [0.25, 0.3) is 11.1 Å². The van der Waals surface area contributed by atoms with E-state index in [1.807, 2.05) is 12.1 Å². The van der Waals surface area contributed by atoms with Crippen molar-refractivity contribution in [1.29, 1.82) is 0 Å². The van der Waals surface area contributed by atoms with E-state index in [9.17, 15) is 4.79 Å². The Balaban J connectivity index is 2.27. The first-order valence-corrected chi connectivity index (χ1v) is 6.23. The zero-order chi connectivity index (χ0) is 12.4. The van der Waals surface area contributed by atoms with Crippen molar-refractivity contribution in [2.75, 3.05) is 0 Å². The van der Waals surface area contributed by atoms with Crippen molar-refractivity contribution in [2.45, 2.75) is 12.8 Å². The summed E-state index contributed by atoms with van der Waals surface area (Å²) in [7, 11) is 0. The number of benzene rings is 1. The summed E-state index contributed by atoms with van der Waals surface area (Å²) in [6.45, 7) is 0. The summed E-state index contributed by atoms with van der Waals surface area (Å²) in [5.41, 5.74) is 6.06. The molecule has 1 aromatic carbocycles. The molecule has 0 radical (unpaired) electrons. The number of carbonyl (C=O) groups is 1. The number of aldehydes is 1. The molecule has 0 unspecified atom stereocenters. The molecular weight excluding hydrogens is 220 g/mol. The Morgan fingerprint density at radius 1 is 1.00 bits per heavy atom. The molecule has 0 fully saturated rings. The van der Waals surface area contributed by atoms with Gasteiger partial charge in [0.1, 0.15) is 6.29 Å². The normalized spacial score (nSPS) is 19.4. The molecule has 0 bridgehead atoms. The predicted octanol–water partition coefficient (Wildman–Crippen LogP) is 3.94. The van der Waals surface area contributed by atoms with Crippen molar-refractivity contribution < 1.29 is 4.79 Å². The minimum Gasteiger partial charge on any atom is -0.299 e. The molecule has 0 saturated heterocycles. The van der Waals surface area contributed by atoms with Crippen LogP contribution in [0.2, 0.25) is 0 Å². The number of hydrogen-bond acceptors (Lipinski definition) is 1. The van der Waals surface area contributed by atoms with Gasteiger partial charge in [-0.3, -0.25) is 4.79 Å². The third-order valence-electron chi connectivity index (χ3n) is 3.46. The number of hydrogen-bond donors (Lipinski definition) is 0. The average Bonchev–Trinajstić information content (AvgIpc) is 2.58. The van der Waals surface area contributed by atoms with Gasteiger partial charge in [-0.05, 0) is 46.8 Å². The lowest BCUT2D eigenvalue weighted by Gasteiger charge is -2.15. The fraction of sp³-hybridized carbons (Fsp3) is 0.118. The highest BCUT2D eigenvalue weighted by Crippen LogP contribution is 2.36. The standard InChI is InChI=1S/C17H14O/c18-12-11-14-10-9-13-5-1-2-6-15(13)17-8-4-3-7-16(14)17/h1,3-5,7-12H,2,6H2/b14-11-. The third-order valence-corrected chi connectivity index (χ3v) is 3.46. The quantitative estimate of drug-likeness (QED) is 0.531. The van der Waals surface area contributed by atoms with Gasteiger partial charge < -0.3 is 0 Å². The first-order valence-electron chi connectivity index (χ1n) is 6.23. The Morgan fingerprint density at radius 2 is 1.83 bits per heavy atom. The zero-order valence-electron chi connectivity index (χ0n) is 10.1. The van der Waals surface area contributed by atoms with E-state index in [1.165, 1.54) is 16.7 Å². The van der Waals surface area contributed by atoms with Gasteiger partial charge in [0.15, 0.2) is 0 Å². The van der Waals surface area contributed by atoms with Crippen LogP contribution in [0.1, 0.15) is 24.0 Å². The maximum Gasteiger partial charge on any atom is 0.143 e. The smallest absolute Gasteiger partial charge is 0.143 e. The van der Waals surface area contributed by atoms with E-state index in [0.717, 1.165) is 30.3 Å². The number of fused-ring (bicyclic) bond motifs is 2. The van der Waals surface area contributed by atoms with Crippen molar-refractivity contribution in [2.24, 2.45) is 0 Å². The van der Waals surface area contributed by atoms with Gasteiger partial charge in [0.05, 0.1) is 0 Å². The Labute approximate surface area is 107 Å². The highest BCUT2D eigenvalue weighted by molar-refractivity contribution is 5.94. The maximum atomic E-state index is 10.8. The summed E-state index contributed by atoms with van der Waals surface area (Å²) < 4.78 is 0. The fourth-order valence-electron chi connectivity index (χ4n) is 2.62. The minimum atomic E-state index is 0.858. The second-order valence-electron chi connectivity index (χ2n) is 4.51. The summed E-state index contributed by atoms with van der Waals surface area (Å²) >= 11 is 0. The third kappa shape index (κ3) is 1.78. The molecule has 3 rings (SSSR count). The van der Waals surface area contributed by atoms with Crippen LogP contribution in [-0.2, 0) is 4.79 Å². The van der Waals surface area contributed by atoms with E-state index in [1.54, 1.807) is 6.08 Å². The van der Waals surface area contributed by atoms with Gasteiger partial charge in [0.2, 0.25) is 0 Å². The lowest BCUT2D eigenvalue weighted by Crippen LogP contribution is -1.95. The molecule has 88 valence electrons. The van der Waals surface area contributed by atoms with Crippen LogP contribution in [0.3, 0.4) is 0 Å². The van der Waals surface area contributed by atoms with Crippen molar-refractivity contribution in [3.63, 3.8) is 0 Å². The second-order valence-corrected chi connectivity index (χ2v) is 4.51. The lowest BCUT2D eigenvalue weighted by molar-refractivity contribution is -0.104. The molecule has 0 amide bonds. The topological polar surface area (TPSA) is 17.1 Å². The highest BCUT2D eigenvalue weighted by Gasteiger charge is 2.16. The molecule has 0 saturated carbocycles. The molecule has 1 aromatic rings. The molecule has 2 aliphatic carbocycles. The Hall–Kier alpha value is -2.15. The monoisotopic (exact) mass is 234 g/mol. The summed E-state index contributed by atoms with van der Waals surface area (Å²) in [5.74, 6) is 0. The number of rotatable bonds is 1. The van der Waals surface area contributed by atoms with E-state index >= 15 is 0 Å². The van der Waals surface area contributed by atoms with Crippen LogP contribution in [-0.4, -0.2) is 6.29 Å². The average molecular weight is 234 g/mol. The molecule has 2 aliphatic rings. The van der Waals surface area contributed by atoms with Crippen LogP contribution < -0.4 is 0 Å². The van der Waals surface area contributed by atoms with Crippen molar-refractivity contribution in [3.8, 4) is 0 Å². The first-order chi connectivity index (χ1) is 8.90. The molecule has 1 heteroatoms. The SMILES string of the molecule is O=C/C=C1/C=CC2=C(CCC=C2)c2ccccc21. The molecule has 1 nitrogen and oxygen atoms in total. The number of allylic oxidation sites excluding steroid dienone is 8. The summed E-state index contributed by atoms with van der Waals surface area (Å²) in [6, 6.07) is 8.32. The van der Waals surface area contributed by atoms with Gasteiger partial charge in [-0.2, -0.15) is 0 Å². The van der Waals surface area contributed by atoms with E-state index < -0.39 is 0 Å². The molecule has 0 N–H and O–H groups in total. The molecule has 0 aromatic heterocycles. The largest absolute Gasteiger partial charge is 0.299 e. The molecule has 0 spiro atoms.